The molecule has 0 saturated heterocycles. The van der Waals surface area contributed by atoms with Gasteiger partial charge in [-0.05, 0) is 75.3 Å². The minimum Gasteiger partial charge on any atom is -0.349 e. The zero-order valence-corrected chi connectivity index (χ0v) is 21.4. The SMILES string of the molecule is CC1=CCN([C@H]2CC[C@@](C(=O)NC(C)c3cc(C(F)(F)F)cc(C(F)(F)F)c3)(c3ccccc3)CC2)CC1. The summed E-state index contributed by atoms with van der Waals surface area (Å²) in [7, 11) is 0. The number of carbonyl (C=O) groups is 1. The second-order valence-corrected chi connectivity index (χ2v) is 10.5. The van der Waals surface area contributed by atoms with Crippen molar-refractivity contribution in [1.82, 2.24) is 10.2 Å². The molecule has 1 heterocycles. The summed E-state index contributed by atoms with van der Waals surface area (Å²) in [6.45, 7) is 5.37. The number of amides is 1. The molecule has 4 rings (SSSR count). The van der Waals surface area contributed by atoms with E-state index in [2.05, 4.69) is 23.2 Å². The lowest BCUT2D eigenvalue weighted by Crippen LogP contribution is -2.51. The van der Waals surface area contributed by atoms with Crippen LogP contribution in [0.5, 0.6) is 0 Å². The molecule has 2 aliphatic rings. The maximum absolute atomic E-state index is 13.8. The first kappa shape index (κ1) is 28.2. The molecule has 1 fully saturated rings. The Morgan fingerprint density at radius 1 is 0.974 bits per heavy atom. The van der Waals surface area contributed by atoms with Crippen molar-refractivity contribution in [2.45, 2.75) is 75.8 Å². The number of halogens is 6. The molecule has 206 valence electrons. The smallest absolute Gasteiger partial charge is 0.349 e. The number of hydrogen-bond donors (Lipinski definition) is 1. The maximum Gasteiger partial charge on any atom is 0.416 e. The third-order valence-corrected chi connectivity index (χ3v) is 8.01. The molecule has 1 saturated carbocycles. The lowest BCUT2D eigenvalue weighted by atomic mass is 9.67. The number of nitrogens with zero attached hydrogens (tertiary/aromatic N) is 1. The van der Waals surface area contributed by atoms with Crippen LogP contribution in [0.1, 0.15) is 74.2 Å². The van der Waals surface area contributed by atoms with Crippen LogP contribution < -0.4 is 5.32 Å². The molecule has 1 aliphatic heterocycles. The van der Waals surface area contributed by atoms with Crippen LogP contribution in [0, 0.1) is 0 Å². The molecule has 1 unspecified atom stereocenters. The molecule has 3 nitrogen and oxygen atoms in total. The predicted molar refractivity (Wildman–Crippen MR) is 133 cm³/mol. The minimum absolute atomic E-state index is 0.0993. The zero-order chi connectivity index (χ0) is 27.7. The van der Waals surface area contributed by atoms with E-state index in [0.29, 0.717) is 31.0 Å². The van der Waals surface area contributed by atoms with Gasteiger partial charge in [0.2, 0.25) is 5.91 Å². The van der Waals surface area contributed by atoms with E-state index in [-0.39, 0.29) is 17.5 Å². The molecular formula is C29H32F6N2O. The van der Waals surface area contributed by atoms with Crippen molar-refractivity contribution in [3.05, 3.63) is 82.4 Å². The highest BCUT2D eigenvalue weighted by atomic mass is 19.4. The molecule has 0 radical (unpaired) electrons. The Bertz CT molecular complexity index is 1130. The average molecular weight is 539 g/mol. The largest absolute Gasteiger partial charge is 0.416 e. The van der Waals surface area contributed by atoms with Crippen LogP contribution in [0.15, 0.2) is 60.2 Å². The first-order valence-corrected chi connectivity index (χ1v) is 12.9. The van der Waals surface area contributed by atoms with Crippen LogP contribution in [0.4, 0.5) is 26.3 Å². The topological polar surface area (TPSA) is 32.3 Å². The highest BCUT2D eigenvalue weighted by Gasteiger charge is 2.45. The molecular weight excluding hydrogens is 506 g/mol. The summed E-state index contributed by atoms with van der Waals surface area (Å²) in [6, 6.07) is 9.96. The number of carbonyl (C=O) groups excluding carboxylic acids is 1. The third kappa shape index (κ3) is 6.08. The van der Waals surface area contributed by atoms with E-state index in [1.54, 1.807) is 0 Å². The van der Waals surface area contributed by atoms with Crippen LogP contribution in [0.3, 0.4) is 0 Å². The summed E-state index contributed by atoms with van der Waals surface area (Å²) in [4.78, 5) is 16.2. The van der Waals surface area contributed by atoms with Gasteiger partial charge in [-0.15, -0.1) is 0 Å². The van der Waals surface area contributed by atoms with Gasteiger partial charge < -0.3 is 5.32 Å². The molecule has 2 aromatic rings. The Morgan fingerprint density at radius 2 is 1.55 bits per heavy atom. The predicted octanol–water partition coefficient (Wildman–Crippen LogP) is 7.43. The van der Waals surface area contributed by atoms with Gasteiger partial charge >= 0.3 is 12.4 Å². The molecule has 1 amide bonds. The first-order valence-electron chi connectivity index (χ1n) is 12.9. The van der Waals surface area contributed by atoms with Crippen LogP contribution in [-0.2, 0) is 22.6 Å². The zero-order valence-electron chi connectivity index (χ0n) is 21.4. The van der Waals surface area contributed by atoms with Gasteiger partial charge in [-0.1, -0.05) is 42.0 Å². The Hall–Kier alpha value is -2.81. The molecule has 0 bridgehead atoms. The van der Waals surface area contributed by atoms with Gasteiger partial charge in [-0.2, -0.15) is 26.3 Å². The van der Waals surface area contributed by atoms with Crippen molar-refractivity contribution in [3.8, 4) is 0 Å². The molecule has 1 atom stereocenters. The summed E-state index contributed by atoms with van der Waals surface area (Å²) in [5, 5.41) is 2.77. The van der Waals surface area contributed by atoms with E-state index >= 15 is 0 Å². The lowest BCUT2D eigenvalue weighted by molar-refractivity contribution is -0.143. The van der Waals surface area contributed by atoms with Gasteiger partial charge in [0, 0.05) is 19.1 Å². The monoisotopic (exact) mass is 538 g/mol. The Morgan fingerprint density at radius 3 is 2.05 bits per heavy atom. The summed E-state index contributed by atoms with van der Waals surface area (Å²) in [5.74, 6) is -0.380. The van der Waals surface area contributed by atoms with Crippen molar-refractivity contribution in [2.75, 3.05) is 13.1 Å². The van der Waals surface area contributed by atoms with Gasteiger partial charge in [-0.3, -0.25) is 9.69 Å². The Labute approximate surface area is 218 Å². The molecule has 1 aliphatic carbocycles. The Balaban J connectivity index is 1.59. The van der Waals surface area contributed by atoms with Crippen molar-refractivity contribution in [3.63, 3.8) is 0 Å². The van der Waals surface area contributed by atoms with Crippen LogP contribution in [0.2, 0.25) is 0 Å². The average Bonchev–Trinajstić information content (AvgIpc) is 2.88. The third-order valence-electron chi connectivity index (χ3n) is 8.01. The van der Waals surface area contributed by atoms with Gasteiger partial charge in [0.25, 0.3) is 0 Å². The minimum atomic E-state index is -4.95. The fourth-order valence-electron chi connectivity index (χ4n) is 5.63. The molecule has 1 N–H and O–H groups in total. The standard InChI is InChI=1S/C29H32F6N2O/c1-19-10-14-37(15-11-19)25-8-12-27(13-9-25,22-6-4-3-5-7-22)26(38)36-20(2)21-16-23(28(30,31)32)18-24(17-21)29(33,34)35/h3-7,10,16-18,20,25H,8-9,11-15H2,1-2H3,(H,36,38)/t20?,25-,27-. The summed E-state index contributed by atoms with van der Waals surface area (Å²) < 4.78 is 80.3. The number of rotatable bonds is 5. The van der Waals surface area contributed by atoms with Crippen molar-refractivity contribution >= 4 is 5.91 Å². The summed E-state index contributed by atoms with van der Waals surface area (Å²) in [5.41, 5.74) is -1.78. The van der Waals surface area contributed by atoms with Crippen LogP contribution in [0.25, 0.3) is 0 Å². The fourth-order valence-corrected chi connectivity index (χ4v) is 5.63. The second kappa shape index (κ2) is 10.8. The highest BCUT2D eigenvalue weighted by molar-refractivity contribution is 5.88. The van der Waals surface area contributed by atoms with E-state index in [0.717, 1.165) is 37.9 Å². The highest BCUT2D eigenvalue weighted by Crippen LogP contribution is 2.43. The van der Waals surface area contributed by atoms with Crippen LogP contribution >= 0.6 is 0 Å². The van der Waals surface area contributed by atoms with Crippen LogP contribution in [-0.4, -0.2) is 29.9 Å². The summed E-state index contributed by atoms with van der Waals surface area (Å²) >= 11 is 0. The number of benzene rings is 2. The van der Waals surface area contributed by atoms with Gasteiger partial charge in [0.15, 0.2) is 0 Å². The van der Waals surface area contributed by atoms with E-state index < -0.39 is 34.9 Å². The van der Waals surface area contributed by atoms with Crippen molar-refractivity contribution in [2.24, 2.45) is 0 Å². The van der Waals surface area contributed by atoms with Gasteiger partial charge in [-0.25, -0.2) is 0 Å². The normalized spacial score (nSPS) is 24.0. The molecule has 2 aromatic carbocycles. The van der Waals surface area contributed by atoms with Gasteiger partial charge in [0.1, 0.15) is 0 Å². The van der Waals surface area contributed by atoms with E-state index in [9.17, 15) is 31.1 Å². The molecule has 9 heteroatoms. The second-order valence-electron chi connectivity index (χ2n) is 10.5. The quantitative estimate of drug-likeness (QED) is 0.317. The molecule has 0 spiro atoms. The maximum atomic E-state index is 13.8. The number of hydrogen-bond acceptors (Lipinski definition) is 2. The number of nitrogens with one attached hydrogen (secondary N) is 1. The Kier molecular flexibility index (Phi) is 7.98. The number of alkyl halides is 6. The molecule has 0 aromatic heterocycles. The lowest BCUT2D eigenvalue weighted by Gasteiger charge is -2.44. The fraction of sp³-hybridized carbons (Fsp3) is 0.483. The van der Waals surface area contributed by atoms with Crippen molar-refractivity contribution < 1.29 is 31.1 Å². The molecule has 38 heavy (non-hydrogen) atoms. The van der Waals surface area contributed by atoms with Gasteiger partial charge in [0.05, 0.1) is 22.6 Å². The van der Waals surface area contributed by atoms with E-state index in [1.165, 1.54) is 12.5 Å². The van der Waals surface area contributed by atoms with E-state index in [1.807, 2.05) is 30.3 Å². The summed E-state index contributed by atoms with van der Waals surface area (Å²) in [6.07, 6.45) is -4.06. The van der Waals surface area contributed by atoms with Crippen molar-refractivity contribution in [1.29, 1.82) is 0 Å². The first-order chi connectivity index (χ1) is 17.8. The van der Waals surface area contributed by atoms with E-state index in [4.69, 9.17) is 0 Å².